The molecule has 25 heavy (non-hydrogen) atoms. The molecular formula is C18H31N3O3Si. The Morgan fingerprint density at radius 2 is 1.84 bits per heavy atom. The van der Waals surface area contributed by atoms with Crippen molar-refractivity contribution in [3.63, 3.8) is 0 Å². The maximum Gasteiger partial charge on any atom is 0.310 e. The minimum Gasteiger partial charge on any atom is -0.413 e. The fraction of sp³-hybridized carbons (Fsp3) is 0.722. The Kier molecular flexibility index (Phi) is 5.58. The van der Waals surface area contributed by atoms with E-state index in [9.17, 15) is 10.1 Å². The van der Waals surface area contributed by atoms with E-state index in [-0.39, 0.29) is 21.8 Å². The van der Waals surface area contributed by atoms with Gasteiger partial charge in [-0.1, -0.05) is 34.6 Å². The number of rotatable bonds is 4. The summed E-state index contributed by atoms with van der Waals surface area (Å²) in [7, 11) is -1.84. The fourth-order valence-corrected chi connectivity index (χ4v) is 4.77. The van der Waals surface area contributed by atoms with Crippen molar-refractivity contribution in [1.29, 1.82) is 0 Å². The second-order valence-electron chi connectivity index (χ2n) is 8.82. The molecule has 0 bridgehead atoms. The van der Waals surface area contributed by atoms with E-state index in [1.165, 1.54) is 6.20 Å². The van der Waals surface area contributed by atoms with E-state index in [4.69, 9.17) is 4.43 Å². The standard InChI is InChI=1S/C18H31N3O3Si/c1-13-11-20(15-8-9-19-10-16(15)21(22)23)12-14(2)17(13)24-25(6,7)18(3,4)5/h8-10,13-14,17H,11-12H2,1-7H3/t13-,14+,17?. The minimum atomic E-state index is -1.84. The maximum absolute atomic E-state index is 11.3. The van der Waals surface area contributed by atoms with Crippen molar-refractivity contribution in [3.05, 3.63) is 28.6 Å². The summed E-state index contributed by atoms with van der Waals surface area (Å²) >= 11 is 0. The van der Waals surface area contributed by atoms with Gasteiger partial charge in [0.1, 0.15) is 11.9 Å². The quantitative estimate of drug-likeness (QED) is 0.447. The molecule has 0 spiro atoms. The number of pyridine rings is 1. The van der Waals surface area contributed by atoms with E-state index < -0.39 is 8.32 Å². The molecular weight excluding hydrogens is 334 g/mol. The third kappa shape index (κ3) is 4.20. The summed E-state index contributed by atoms with van der Waals surface area (Å²) < 4.78 is 6.70. The highest BCUT2D eigenvalue weighted by Crippen LogP contribution is 2.41. The van der Waals surface area contributed by atoms with Gasteiger partial charge >= 0.3 is 5.69 Å². The first-order valence-electron chi connectivity index (χ1n) is 8.95. The van der Waals surface area contributed by atoms with Crippen molar-refractivity contribution >= 4 is 19.7 Å². The second kappa shape index (κ2) is 7.03. The SMILES string of the molecule is C[C@@H]1CN(c2ccncc2[N+](=O)[O-])C[C@H](C)C1O[Si](C)(C)C(C)(C)C. The molecule has 1 aliphatic heterocycles. The molecule has 1 aromatic heterocycles. The molecule has 1 unspecified atom stereocenters. The van der Waals surface area contributed by atoms with Gasteiger partial charge in [-0.3, -0.25) is 15.1 Å². The lowest BCUT2D eigenvalue weighted by Gasteiger charge is -2.47. The van der Waals surface area contributed by atoms with Gasteiger partial charge in [-0.15, -0.1) is 0 Å². The van der Waals surface area contributed by atoms with E-state index in [2.05, 4.69) is 57.6 Å². The summed E-state index contributed by atoms with van der Waals surface area (Å²) in [4.78, 5) is 17.0. The van der Waals surface area contributed by atoms with Crippen LogP contribution in [0.2, 0.25) is 18.1 Å². The highest BCUT2D eigenvalue weighted by atomic mass is 28.4. The molecule has 1 saturated heterocycles. The lowest BCUT2D eigenvalue weighted by Crippen LogP contribution is -2.54. The Morgan fingerprint density at radius 3 is 2.32 bits per heavy atom. The predicted octanol–water partition coefficient (Wildman–Crippen LogP) is 4.47. The molecule has 1 aromatic rings. The summed E-state index contributed by atoms with van der Waals surface area (Å²) in [6.45, 7) is 17.2. The van der Waals surface area contributed by atoms with Gasteiger partial charge < -0.3 is 9.33 Å². The molecule has 2 heterocycles. The van der Waals surface area contributed by atoms with Crippen molar-refractivity contribution in [2.45, 2.75) is 58.9 Å². The van der Waals surface area contributed by atoms with Gasteiger partial charge in [0.25, 0.3) is 0 Å². The topological polar surface area (TPSA) is 68.5 Å². The van der Waals surface area contributed by atoms with Crippen LogP contribution in [0.15, 0.2) is 18.5 Å². The Bertz CT molecular complexity index is 618. The number of nitro groups is 1. The summed E-state index contributed by atoms with van der Waals surface area (Å²) in [5, 5.41) is 11.5. The molecule has 3 atom stereocenters. The number of aromatic nitrogens is 1. The van der Waals surface area contributed by atoms with Crippen LogP contribution in [0.1, 0.15) is 34.6 Å². The number of nitrogens with zero attached hydrogens (tertiary/aromatic N) is 3. The number of anilines is 1. The molecule has 140 valence electrons. The Balaban J connectivity index is 2.19. The van der Waals surface area contributed by atoms with Crippen molar-refractivity contribution in [2.75, 3.05) is 18.0 Å². The fourth-order valence-electron chi connectivity index (χ4n) is 3.27. The van der Waals surface area contributed by atoms with Gasteiger partial charge in [0.05, 0.1) is 11.0 Å². The highest BCUT2D eigenvalue weighted by molar-refractivity contribution is 6.74. The average molecular weight is 366 g/mol. The molecule has 0 N–H and O–H groups in total. The minimum absolute atomic E-state index is 0.0747. The van der Waals surface area contributed by atoms with Crippen molar-refractivity contribution in [1.82, 2.24) is 4.98 Å². The van der Waals surface area contributed by atoms with Crippen LogP contribution < -0.4 is 4.90 Å². The van der Waals surface area contributed by atoms with Crippen LogP contribution in [0, 0.1) is 22.0 Å². The van der Waals surface area contributed by atoms with E-state index in [1.807, 2.05) is 0 Å². The smallest absolute Gasteiger partial charge is 0.310 e. The normalized spacial score (nSPS) is 25.1. The van der Waals surface area contributed by atoms with Crippen LogP contribution >= 0.6 is 0 Å². The van der Waals surface area contributed by atoms with Crippen LogP contribution in [0.5, 0.6) is 0 Å². The number of piperidine rings is 1. The molecule has 0 saturated carbocycles. The van der Waals surface area contributed by atoms with Gasteiger partial charge in [0.15, 0.2) is 8.32 Å². The van der Waals surface area contributed by atoms with Crippen LogP contribution in [0.4, 0.5) is 11.4 Å². The summed E-state index contributed by atoms with van der Waals surface area (Å²) in [6.07, 6.45) is 3.15. The number of hydrogen-bond donors (Lipinski definition) is 0. The first-order valence-corrected chi connectivity index (χ1v) is 11.9. The predicted molar refractivity (Wildman–Crippen MR) is 104 cm³/mol. The zero-order chi connectivity index (χ0) is 19.0. The third-order valence-electron chi connectivity index (χ3n) is 5.69. The van der Waals surface area contributed by atoms with Gasteiger partial charge in [0.2, 0.25) is 0 Å². The van der Waals surface area contributed by atoms with Crippen molar-refractivity contribution < 1.29 is 9.35 Å². The molecule has 0 amide bonds. The summed E-state index contributed by atoms with van der Waals surface area (Å²) in [5.41, 5.74) is 0.732. The van der Waals surface area contributed by atoms with Crippen LogP contribution in [-0.4, -0.2) is 37.4 Å². The summed E-state index contributed by atoms with van der Waals surface area (Å²) in [6, 6.07) is 1.74. The second-order valence-corrected chi connectivity index (χ2v) is 13.6. The molecule has 6 nitrogen and oxygen atoms in total. The van der Waals surface area contributed by atoms with E-state index in [0.717, 1.165) is 13.1 Å². The van der Waals surface area contributed by atoms with E-state index in [1.54, 1.807) is 12.3 Å². The Hall–Kier alpha value is -1.47. The average Bonchev–Trinajstić information content (AvgIpc) is 2.49. The zero-order valence-corrected chi connectivity index (χ0v) is 17.4. The highest BCUT2D eigenvalue weighted by Gasteiger charge is 2.43. The summed E-state index contributed by atoms with van der Waals surface area (Å²) in [5.74, 6) is 0.622. The lowest BCUT2D eigenvalue weighted by molar-refractivity contribution is -0.384. The molecule has 7 heteroatoms. The van der Waals surface area contributed by atoms with Crippen LogP contribution in [0.25, 0.3) is 0 Å². The Morgan fingerprint density at radius 1 is 1.28 bits per heavy atom. The first-order chi connectivity index (χ1) is 11.4. The zero-order valence-electron chi connectivity index (χ0n) is 16.4. The first kappa shape index (κ1) is 19.8. The van der Waals surface area contributed by atoms with Crippen LogP contribution in [-0.2, 0) is 4.43 Å². The lowest BCUT2D eigenvalue weighted by atomic mass is 9.88. The largest absolute Gasteiger partial charge is 0.413 e. The molecule has 1 fully saturated rings. The molecule has 1 aliphatic rings. The van der Waals surface area contributed by atoms with Gasteiger partial charge in [-0.25, -0.2) is 0 Å². The van der Waals surface area contributed by atoms with Crippen molar-refractivity contribution in [2.24, 2.45) is 11.8 Å². The van der Waals surface area contributed by atoms with Gasteiger partial charge in [0, 0.05) is 19.3 Å². The van der Waals surface area contributed by atoms with Gasteiger partial charge in [-0.2, -0.15) is 0 Å². The van der Waals surface area contributed by atoms with Crippen molar-refractivity contribution in [3.8, 4) is 0 Å². The molecule has 0 radical (unpaired) electrons. The van der Waals surface area contributed by atoms with Crippen LogP contribution in [0.3, 0.4) is 0 Å². The van der Waals surface area contributed by atoms with E-state index >= 15 is 0 Å². The molecule has 2 rings (SSSR count). The maximum atomic E-state index is 11.3. The monoisotopic (exact) mass is 365 g/mol. The Labute approximate surface area is 151 Å². The third-order valence-corrected chi connectivity index (χ3v) is 10.2. The molecule has 0 aromatic carbocycles. The number of hydrogen-bond acceptors (Lipinski definition) is 5. The van der Waals surface area contributed by atoms with Gasteiger partial charge in [-0.05, 0) is 36.0 Å². The molecule has 0 aliphatic carbocycles. The van der Waals surface area contributed by atoms with E-state index in [0.29, 0.717) is 17.5 Å².